The highest BCUT2D eigenvalue weighted by atomic mass is 32.2. The van der Waals surface area contributed by atoms with Crippen LogP contribution >= 0.6 is 0 Å². The molecule has 0 rings (SSSR count). The fourth-order valence-corrected chi connectivity index (χ4v) is 7.68. The number of carbonyl (C=O) groups is 2. The minimum Gasteiger partial charge on any atom is -0.466 e. The van der Waals surface area contributed by atoms with Crippen LogP contribution in [-0.4, -0.2) is 66.2 Å². The third-order valence-electron chi connectivity index (χ3n) is 10.7. The number of rotatable bonds is 44. The molecule has 0 radical (unpaired) electrons. The number of nitrogens with one attached hydrogen (secondary N) is 1. The zero-order chi connectivity index (χ0) is 39.6. The van der Waals surface area contributed by atoms with E-state index in [4.69, 9.17) is 9.47 Å². The fraction of sp³-hybridized carbons (Fsp3) is 0.957. The molecule has 0 saturated carbocycles. The fourth-order valence-electron chi connectivity index (χ4n) is 7.25. The van der Waals surface area contributed by atoms with Crippen molar-refractivity contribution in [3.8, 4) is 0 Å². The lowest BCUT2D eigenvalue weighted by Gasteiger charge is -2.22. The van der Waals surface area contributed by atoms with Crippen molar-refractivity contribution in [2.45, 2.75) is 245 Å². The van der Waals surface area contributed by atoms with Gasteiger partial charge in [-0.05, 0) is 83.8 Å². The van der Waals surface area contributed by atoms with Gasteiger partial charge in [0.15, 0.2) is 0 Å². The molecular weight excluding hydrogens is 693 g/mol. The van der Waals surface area contributed by atoms with E-state index in [1.54, 1.807) is 6.26 Å². The summed E-state index contributed by atoms with van der Waals surface area (Å²) in [6, 6.07) is 0. The van der Waals surface area contributed by atoms with Gasteiger partial charge in [-0.3, -0.25) is 9.59 Å². The number of nitrogens with zero attached hydrogens (tertiary/aromatic N) is 1. The van der Waals surface area contributed by atoms with Crippen molar-refractivity contribution in [1.82, 2.24) is 9.62 Å². The summed E-state index contributed by atoms with van der Waals surface area (Å²) in [6.07, 6.45) is 41.1. The number of ether oxygens (including phenoxy) is 2. The molecule has 7 nitrogen and oxygen atoms in total. The topological polar surface area (TPSA) is 84.9 Å². The van der Waals surface area contributed by atoms with Gasteiger partial charge in [0.05, 0.1) is 17.6 Å². The van der Waals surface area contributed by atoms with Crippen LogP contribution in [0.25, 0.3) is 0 Å². The summed E-state index contributed by atoms with van der Waals surface area (Å²) < 4.78 is 26.0. The van der Waals surface area contributed by atoms with E-state index >= 15 is 0 Å². The van der Waals surface area contributed by atoms with Crippen LogP contribution in [0.3, 0.4) is 0 Å². The number of esters is 2. The minimum atomic E-state index is -0.958. The third-order valence-corrected chi connectivity index (χ3v) is 11.3. The molecule has 0 heterocycles. The van der Waals surface area contributed by atoms with Crippen LogP contribution in [0.1, 0.15) is 239 Å². The van der Waals surface area contributed by atoms with Gasteiger partial charge in [0.1, 0.15) is 6.10 Å². The van der Waals surface area contributed by atoms with Crippen molar-refractivity contribution in [3.63, 3.8) is 0 Å². The van der Waals surface area contributed by atoms with Gasteiger partial charge in [0.25, 0.3) is 0 Å². The second-order valence-corrected chi connectivity index (χ2v) is 17.3. The van der Waals surface area contributed by atoms with Crippen molar-refractivity contribution in [2.24, 2.45) is 0 Å². The lowest BCUT2D eigenvalue weighted by atomic mass is 10.0. The van der Waals surface area contributed by atoms with Crippen LogP contribution in [0.2, 0.25) is 0 Å². The number of unbranched alkanes of at least 4 members (excludes halogenated alkanes) is 24. The van der Waals surface area contributed by atoms with E-state index in [0.717, 1.165) is 90.4 Å². The Bertz CT molecular complexity index is 813. The van der Waals surface area contributed by atoms with Crippen molar-refractivity contribution in [2.75, 3.05) is 39.0 Å². The van der Waals surface area contributed by atoms with Crippen LogP contribution in [-0.2, 0) is 30.0 Å². The molecule has 0 bridgehead atoms. The molecule has 322 valence electrons. The zero-order valence-electron chi connectivity index (χ0n) is 36.6. The van der Waals surface area contributed by atoms with Gasteiger partial charge >= 0.3 is 11.9 Å². The predicted molar refractivity (Wildman–Crippen MR) is 233 cm³/mol. The molecule has 1 atom stereocenters. The van der Waals surface area contributed by atoms with Gasteiger partial charge in [-0.15, -0.1) is 0 Å². The van der Waals surface area contributed by atoms with Gasteiger partial charge in [-0.1, -0.05) is 162 Å². The molecule has 0 saturated heterocycles. The monoisotopic (exact) mass is 785 g/mol. The normalized spacial score (nSPS) is 12.2. The van der Waals surface area contributed by atoms with Gasteiger partial charge < -0.3 is 14.4 Å². The number of hydrogen-bond acceptors (Lipinski definition) is 6. The maximum absolute atomic E-state index is 12.8. The first-order valence-corrected chi connectivity index (χ1v) is 25.1. The summed E-state index contributed by atoms with van der Waals surface area (Å²) in [5.41, 5.74) is 0. The molecule has 0 aromatic heterocycles. The van der Waals surface area contributed by atoms with Crippen LogP contribution in [0.5, 0.6) is 0 Å². The van der Waals surface area contributed by atoms with Crippen molar-refractivity contribution >= 4 is 22.9 Å². The molecule has 0 aromatic rings. The number of hydrogen-bond donors (Lipinski definition) is 1. The van der Waals surface area contributed by atoms with Gasteiger partial charge in [0, 0.05) is 25.6 Å². The van der Waals surface area contributed by atoms with Gasteiger partial charge in [0.2, 0.25) is 0 Å². The Labute approximate surface area is 339 Å². The molecular formula is C46H92N2O5S. The second kappa shape index (κ2) is 43.1. The molecule has 1 N–H and O–H groups in total. The molecule has 0 aliphatic rings. The molecule has 0 fully saturated rings. The molecule has 8 heteroatoms. The summed E-state index contributed by atoms with van der Waals surface area (Å²) >= 11 is 0. The lowest BCUT2D eigenvalue weighted by molar-refractivity contribution is -0.150. The summed E-state index contributed by atoms with van der Waals surface area (Å²) in [6.45, 7) is 11.4. The van der Waals surface area contributed by atoms with Gasteiger partial charge in [-0.2, -0.15) is 0 Å². The SMILES string of the molecule is CCCCCCCCCOC(=O)CCCCCCCN(CCCCCCCC(=O)OC(CCCCCCCC)CCCCCCCC)CCCNS(C)=O. The molecule has 54 heavy (non-hydrogen) atoms. The Morgan fingerprint density at radius 2 is 0.889 bits per heavy atom. The quantitative estimate of drug-likeness (QED) is 0.0489. The van der Waals surface area contributed by atoms with E-state index in [2.05, 4.69) is 30.4 Å². The first-order chi connectivity index (χ1) is 26.4. The Hall–Kier alpha value is -0.990. The summed E-state index contributed by atoms with van der Waals surface area (Å²) in [4.78, 5) is 27.4. The maximum Gasteiger partial charge on any atom is 0.306 e. The van der Waals surface area contributed by atoms with Crippen LogP contribution < -0.4 is 4.72 Å². The molecule has 0 aromatic carbocycles. The van der Waals surface area contributed by atoms with E-state index in [-0.39, 0.29) is 18.0 Å². The maximum atomic E-state index is 12.8. The average Bonchev–Trinajstić information content (AvgIpc) is 3.15. The largest absolute Gasteiger partial charge is 0.466 e. The Kier molecular flexibility index (Phi) is 42.3. The van der Waals surface area contributed by atoms with Crippen LogP contribution in [0, 0.1) is 0 Å². The standard InChI is InChI=1S/C46H92N2O5S/c1-5-8-11-14-17-26-33-43-52-45(49)37-29-22-18-24-31-40-48(42-34-39-47-54(4)51)41-32-25-19-23-30-38-46(50)53-44(35-27-20-15-12-9-6-2)36-28-21-16-13-10-7-3/h44,47H,5-43H2,1-4H3. The molecule has 0 aliphatic carbocycles. The highest BCUT2D eigenvalue weighted by molar-refractivity contribution is 7.82. The van der Waals surface area contributed by atoms with E-state index in [1.165, 1.54) is 141 Å². The van der Waals surface area contributed by atoms with Crippen molar-refractivity contribution < 1.29 is 23.3 Å². The smallest absolute Gasteiger partial charge is 0.306 e. The Morgan fingerprint density at radius 1 is 0.500 bits per heavy atom. The lowest BCUT2D eigenvalue weighted by Crippen LogP contribution is -2.30. The minimum absolute atomic E-state index is 0.0171. The van der Waals surface area contributed by atoms with Crippen molar-refractivity contribution in [3.05, 3.63) is 0 Å². The highest BCUT2D eigenvalue weighted by Gasteiger charge is 2.14. The zero-order valence-corrected chi connectivity index (χ0v) is 37.4. The van der Waals surface area contributed by atoms with Crippen molar-refractivity contribution in [1.29, 1.82) is 0 Å². The van der Waals surface area contributed by atoms with Crippen LogP contribution in [0.15, 0.2) is 0 Å². The average molecular weight is 785 g/mol. The predicted octanol–water partition coefficient (Wildman–Crippen LogP) is 12.9. The van der Waals surface area contributed by atoms with E-state index in [1.807, 2.05) is 0 Å². The molecule has 0 spiro atoms. The van der Waals surface area contributed by atoms with E-state index in [9.17, 15) is 13.8 Å². The first-order valence-electron chi connectivity index (χ1n) is 23.6. The molecule has 1 unspecified atom stereocenters. The van der Waals surface area contributed by atoms with E-state index < -0.39 is 11.0 Å². The Morgan fingerprint density at radius 3 is 1.37 bits per heavy atom. The van der Waals surface area contributed by atoms with Crippen LogP contribution in [0.4, 0.5) is 0 Å². The summed E-state index contributed by atoms with van der Waals surface area (Å²) in [7, 11) is -0.958. The summed E-state index contributed by atoms with van der Waals surface area (Å²) in [5.74, 6) is -0.0107. The molecule has 0 amide bonds. The molecule has 0 aliphatic heterocycles. The second-order valence-electron chi connectivity index (χ2n) is 16.1. The van der Waals surface area contributed by atoms with E-state index in [0.29, 0.717) is 19.4 Å². The van der Waals surface area contributed by atoms with Gasteiger partial charge in [-0.25, -0.2) is 8.93 Å². The summed E-state index contributed by atoms with van der Waals surface area (Å²) in [5, 5.41) is 0. The Balaban J connectivity index is 4.23. The first kappa shape index (κ1) is 53.0. The highest BCUT2D eigenvalue weighted by Crippen LogP contribution is 2.18. The third kappa shape index (κ3) is 40.7. The number of carbonyl (C=O) groups excluding carboxylic acids is 2.